The van der Waals surface area contributed by atoms with E-state index in [4.69, 9.17) is 5.73 Å². The Morgan fingerprint density at radius 1 is 1.36 bits per heavy atom. The zero-order valence-electron chi connectivity index (χ0n) is 14.0. The second-order valence-corrected chi connectivity index (χ2v) is 6.85. The highest BCUT2D eigenvalue weighted by Crippen LogP contribution is 2.19. The van der Waals surface area contributed by atoms with Gasteiger partial charge in [-0.3, -0.25) is 9.69 Å². The predicted molar refractivity (Wildman–Crippen MR) is 90.4 cm³/mol. The number of nitrogens with one attached hydrogen (secondary N) is 1. The fraction of sp³-hybridized carbons (Fsp3) is 0.611. The van der Waals surface area contributed by atoms with Crippen molar-refractivity contribution in [3.8, 4) is 0 Å². The molecule has 3 N–H and O–H groups in total. The molecule has 1 aliphatic heterocycles. The number of carbonyl (C=O) groups is 1. The normalized spacial score (nSPS) is 21.1. The molecule has 4 nitrogen and oxygen atoms in total. The van der Waals surface area contributed by atoms with Gasteiger partial charge in [-0.1, -0.05) is 37.3 Å². The van der Waals surface area contributed by atoms with Gasteiger partial charge >= 0.3 is 0 Å². The van der Waals surface area contributed by atoms with Gasteiger partial charge in [-0.25, -0.2) is 0 Å². The van der Waals surface area contributed by atoms with Crippen molar-refractivity contribution in [2.45, 2.75) is 45.2 Å². The van der Waals surface area contributed by atoms with Gasteiger partial charge < -0.3 is 11.1 Å². The Labute approximate surface area is 134 Å². The molecule has 0 aliphatic carbocycles. The Balaban J connectivity index is 1.87. The summed E-state index contributed by atoms with van der Waals surface area (Å²) in [7, 11) is 0. The molecule has 0 radical (unpaired) electrons. The van der Waals surface area contributed by atoms with Crippen molar-refractivity contribution in [3.63, 3.8) is 0 Å². The first-order valence-electron chi connectivity index (χ1n) is 8.28. The summed E-state index contributed by atoms with van der Waals surface area (Å²) in [6.45, 7) is 9.14. The Morgan fingerprint density at radius 2 is 1.95 bits per heavy atom. The van der Waals surface area contributed by atoms with Crippen molar-refractivity contribution in [1.82, 2.24) is 10.2 Å². The minimum atomic E-state index is -0.989. The summed E-state index contributed by atoms with van der Waals surface area (Å²) in [6.07, 6.45) is 2.49. The zero-order valence-corrected chi connectivity index (χ0v) is 14.0. The Bertz CT molecular complexity index is 478. The third-order valence-corrected chi connectivity index (χ3v) is 4.84. The Hall–Kier alpha value is -1.39. The molecule has 1 saturated heterocycles. The molecule has 1 aliphatic rings. The third-order valence-electron chi connectivity index (χ3n) is 4.84. The van der Waals surface area contributed by atoms with Crippen molar-refractivity contribution in [3.05, 3.63) is 35.9 Å². The molecule has 1 amide bonds. The van der Waals surface area contributed by atoms with Crippen molar-refractivity contribution in [2.75, 3.05) is 19.6 Å². The van der Waals surface area contributed by atoms with Crippen LogP contribution >= 0.6 is 0 Å². The van der Waals surface area contributed by atoms with Gasteiger partial charge in [0.05, 0.1) is 0 Å². The van der Waals surface area contributed by atoms with Crippen LogP contribution in [-0.2, 0) is 10.3 Å². The zero-order chi connectivity index (χ0) is 16.2. The Morgan fingerprint density at radius 3 is 2.55 bits per heavy atom. The van der Waals surface area contributed by atoms with Crippen molar-refractivity contribution < 1.29 is 4.79 Å². The topological polar surface area (TPSA) is 58.4 Å². The number of nitrogens with two attached hydrogens (primary N) is 1. The van der Waals surface area contributed by atoms with Crippen LogP contribution in [0.15, 0.2) is 30.3 Å². The number of amides is 1. The van der Waals surface area contributed by atoms with Gasteiger partial charge in [-0.05, 0) is 51.3 Å². The van der Waals surface area contributed by atoms with Crippen molar-refractivity contribution >= 4 is 5.91 Å². The van der Waals surface area contributed by atoms with Crippen LogP contribution in [0.4, 0.5) is 0 Å². The van der Waals surface area contributed by atoms with E-state index in [9.17, 15) is 4.79 Å². The average molecular weight is 303 g/mol. The molecule has 0 aromatic heterocycles. The molecule has 0 bridgehead atoms. The van der Waals surface area contributed by atoms with Crippen molar-refractivity contribution in [1.29, 1.82) is 0 Å². The summed E-state index contributed by atoms with van der Waals surface area (Å²) < 4.78 is 0. The smallest absolute Gasteiger partial charge is 0.244 e. The molecular weight excluding hydrogens is 274 g/mol. The highest BCUT2D eigenvalue weighted by molar-refractivity contribution is 5.87. The molecule has 1 fully saturated rings. The highest BCUT2D eigenvalue weighted by Gasteiger charge is 2.30. The molecule has 2 rings (SSSR count). The average Bonchev–Trinajstić information content (AvgIpc) is 2.53. The number of piperidine rings is 1. The summed E-state index contributed by atoms with van der Waals surface area (Å²) in [4.78, 5) is 14.9. The molecule has 2 atom stereocenters. The first-order valence-corrected chi connectivity index (χ1v) is 8.28. The second kappa shape index (κ2) is 7.25. The molecule has 2 unspecified atom stereocenters. The van der Waals surface area contributed by atoms with Crippen LogP contribution in [-0.4, -0.2) is 36.5 Å². The number of nitrogens with zero attached hydrogens (tertiary/aromatic N) is 1. The van der Waals surface area contributed by atoms with Crippen LogP contribution in [0.1, 0.15) is 39.2 Å². The van der Waals surface area contributed by atoms with Gasteiger partial charge in [0, 0.05) is 12.6 Å². The fourth-order valence-electron chi connectivity index (χ4n) is 2.94. The Kier molecular flexibility index (Phi) is 5.59. The molecular formula is C18H29N3O. The lowest BCUT2D eigenvalue weighted by atomic mass is 9.92. The molecule has 0 spiro atoms. The monoisotopic (exact) mass is 303 g/mol. The van der Waals surface area contributed by atoms with Crippen LogP contribution in [0.25, 0.3) is 0 Å². The first-order chi connectivity index (χ1) is 10.4. The molecule has 0 saturated carbocycles. The van der Waals surface area contributed by atoms with E-state index in [1.165, 1.54) is 12.8 Å². The number of benzene rings is 1. The van der Waals surface area contributed by atoms with E-state index in [0.717, 1.165) is 24.6 Å². The van der Waals surface area contributed by atoms with E-state index in [2.05, 4.69) is 24.1 Å². The summed E-state index contributed by atoms with van der Waals surface area (Å²) in [5, 5.41) is 3.02. The van der Waals surface area contributed by atoms with Gasteiger partial charge in [0.2, 0.25) is 5.91 Å². The minimum absolute atomic E-state index is 0.115. The second-order valence-electron chi connectivity index (χ2n) is 6.85. The lowest BCUT2D eigenvalue weighted by molar-refractivity contribution is -0.126. The number of hydrogen-bond acceptors (Lipinski definition) is 3. The summed E-state index contributed by atoms with van der Waals surface area (Å²) in [6, 6.07) is 9.89. The maximum absolute atomic E-state index is 12.4. The first kappa shape index (κ1) is 17.0. The van der Waals surface area contributed by atoms with Crippen LogP contribution in [0.3, 0.4) is 0 Å². The van der Waals surface area contributed by atoms with E-state index < -0.39 is 5.54 Å². The van der Waals surface area contributed by atoms with Crippen LogP contribution in [0.5, 0.6) is 0 Å². The maximum atomic E-state index is 12.4. The van der Waals surface area contributed by atoms with Crippen LogP contribution in [0.2, 0.25) is 0 Å². The number of rotatable bonds is 5. The van der Waals surface area contributed by atoms with E-state index in [0.29, 0.717) is 12.6 Å². The van der Waals surface area contributed by atoms with E-state index in [1.54, 1.807) is 6.92 Å². The molecule has 22 heavy (non-hydrogen) atoms. The number of likely N-dealkylation sites (tertiary alicyclic amines) is 1. The quantitative estimate of drug-likeness (QED) is 0.876. The highest BCUT2D eigenvalue weighted by atomic mass is 16.2. The molecule has 122 valence electrons. The number of hydrogen-bond donors (Lipinski definition) is 2. The largest absolute Gasteiger partial charge is 0.353 e. The van der Waals surface area contributed by atoms with E-state index in [-0.39, 0.29) is 5.91 Å². The van der Waals surface area contributed by atoms with Gasteiger partial charge in [-0.2, -0.15) is 0 Å². The molecule has 1 heterocycles. The summed E-state index contributed by atoms with van der Waals surface area (Å²) in [5.41, 5.74) is 6.09. The number of carbonyl (C=O) groups excluding carboxylic acids is 1. The fourth-order valence-corrected chi connectivity index (χ4v) is 2.94. The van der Waals surface area contributed by atoms with Crippen LogP contribution in [0, 0.1) is 5.92 Å². The molecule has 1 aromatic carbocycles. The van der Waals surface area contributed by atoms with Gasteiger partial charge in [0.25, 0.3) is 0 Å². The van der Waals surface area contributed by atoms with Gasteiger partial charge in [-0.15, -0.1) is 0 Å². The lowest BCUT2D eigenvalue weighted by Crippen LogP contribution is -2.52. The predicted octanol–water partition coefficient (Wildman–Crippen LogP) is 2.10. The third kappa shape index (κ3) is 4.08. The van der Waals surface area contributed by atoms with Crippen molar-refractivity contribution in [2.24, 2.45) is 11.7 Å². The standard InChI is InChI=1S/C18H29N3O/c1-14-9-11-21(12-10-14)15(2)13-20-17(22)18(3,19)16-7-5-4-6-8-16/h4-8,14-15H,9-13,19H2,1-3H3,(H,20,22). The van der Waals surface area contributed by atoms with E-state index in [1.807, 2.05) is 30.3 Å². The van der Waals surface area contributed by atoms with E-state index >= 15 is 0 Å². The molecule has 1 aromatic rings. The maximum Gasteiger partial charge on any atom is 0.244 e. The minimum Gasteiger partial charge on any atom is -0.353 e. The molecule has 4 heteroatoms. The van der Waals surface area contributed by atoms with Crippen LogP contribution < -0.4 is 11.1 Å². The van der Waals surface area contributed by atoms with Gasteiger partial charge in [0.1, 0.15) is 5.54 Å². The SMILES string of the molecule is CC1CCN(C(C)CNC(=O)C(C)(N)c2ccccc2)CC1. The lowest BCUT2D eigenvalue weighted by Gasteiger charge is -2.35. The van der Waals surface area contributed by atoms with Gasteiger partial charge in [0.15, 0.2) is 0 Å². The summed E-state index contributed by atoms with van der Waals surface area (Å²) in [5.74, 6) is 0.708. The summed E-state index contributed by atoms with van der Waals surface area (Å²) >= 11 is 0.